The van der Waals surface area contributed by atoms with E-state index in [2.05, 4.69) is 5.32 Å². The maximum Gasteiger partial charge on any atom is 0.248 e. The molecule has 2 aromatic carbocycles. The Labute approximate surface area is 135 Å². The zero-order valence-corrected chi connectivity index (χ0v) is 13.3. The molecule has 1 N–H and O–H groups in total. The smallest absolute Gasteiger partial charge is 0.248 e. The highest BCUT2D eigenvalue weighted by atomic mass is 16.6. The second kappa shape index (κ2) is 6.57. The molecule has 0 bridgehead atoms. The Morgan fingerprint density at radius 1 is 1.04 bits per heavy atom. The number of fused-ring (bicyclic) bond motifs is 1. The molecule has 0 saturated heterocycles. The van der Waals surface area contributed by atoms with Crippen molar-refractivity contribution in [3.05, 3.63) is 59.2 Å². The number of ether oxygens (including phenoxy) is 2. The summed E-state index contributed by atoms with van der Waals surface area (Å²) in [5, 5.41) is 2.93. The zero-order chi connectivity index (χ0) is 16.2. The van der Waals surface area contributed by atoms with Crippen molar-refractivity contribution < 1.29 is 14.3 Å². The van der Waals surface area contributed by atoms with Gasteiger partial charge in [-0.1, -0.05) is 24.3 Å². The third kappa shape index (κ3) is 3.54. The van der Waals surface area contributed by atoms with E-state index in [1.54, 1.807) is 6.08 Å². The Balaban J connectivity index is 1.71. The second-order valence-corrected chi connectivity index (χ2v) is 5.49. The number of carbonyl (C=O) groups excluding carboxylic acids is 1. The predicted molar refractivity (Wildman–Crippen MR) is 91.0 cm³/mol. The van der Waals surface area contributed by atoms with Gasteiger partial charge in [-0.05, 0) is 48.7 Å². The highest BCUT2D eigenvalue weighted by Gasteiger charge is 2.11. The Morgan fingerprint density at radius 3 is 2.48 bits per heavy atom. The first-order valence-electron chi connectivity index (χ1n) is 7.58. The molecule has 23 heavy (non-hydrogen) atoms. The minimum absolute atomic E-state index is 0.155. The highest BCUT2D eigenvalue weighted by molar-refractivity contribution is 6.02. The first kappa shape index (κ1) is 15.2. The van der Waals surface area contributed by atoms with Gasteiger partial charge in [-0.2, -0.15) is 0 Å². The summed E-state index contributed by atoms with van der Waals surface area (Å²) in [6, 6.07) is 11.6. The molecule has 0 radical (unpaired) electrons. The van der Waals surface area contributed by atoms with E-state index in [9.17, 15) is 4.79 Å². The van der Waals surface area contributed by atoms with Crippen molar-refractivity contribution in [3.63, 3.8) is 0 Å². The van der Waals surface area contributed by atoms with Gasteiger partial charge in [0.2, 0.25) is 5.91 Å². The van der Waals surface area contributed by atoms with Crippen LogP contribution in [0.4, 0.5) is 5.69 Å². The van der Waals surface area contributed by atoms with Crippen LogP contribution in [-0.2, 0) is 4.79 Å². The summed E-state index contributed by atoms with van der Waals surface area (Å²) < 4.78 is 11.0. The number of hydrogen-bond acceptors (Lipinski definition) is 3. The number of benzene rings is 2. The van der Waals surface area contributed by atoms with Crippen molar-refractivity contribution in [2.24, 2.45) is 0 Å². The van der Waals surface area contributed by atoms with Crippen LogP contribution in [0.25, 0.3) is 6.08 Å². The summed E-state index contributed by atoms with van der Waals surface area (Å²) in [6.45, 7) is 5.08. The summed E-state index contributed by atoms with van der Waals surface area (Å²) in [5.74, 6) is 1.30. The van der Waals surface area contributed by atoms with Gasteiger partial charge in [-0.15, -0.1) is 0 Å². The summed E-state index contributed by atoms with van der Waals surface area (Å²) >= 11 is 0. The minimum Gasteiger partial charge on any atom is -0.486 e. The summed E-state index contributed by atoms with van der Waals surface area (Å²) in [7, 11) is 0. The fraction of sp³-hybridized carbons (Fsp3) is 0.211. The molecule has 4 heteroatoms. The molecule has 1 aliphatic rings. The normalized spacial score (nSPS) is 13.1. The first-order chi connectivity index (χ1) is 11.1. The number of para-hydroxylation sites is 1. The Hall–Kier alpha value is -2.75. The molecule has 1 aliphatic heterocycles. The number of amides is 1. The largest absolute Gasteiger partial charge is 0.486 e. The van der Waals surface area contributed by atoms with Crippen molar-refractivity contribution in [3.8, 4) is 11.5 Å². The van der Waals surface area contributed by atoms with Crippen LogP contribution in [0.5, 0.6) is 11.5 Å². The molecule has 1 amide bonds. The third-order valence-electron chi connectivity index (χ3n) is 3.72. The lowest BCUT2D eigenvalue weighted by Gasteiger charge is -2.18. The van der Waals surface area contributed by atoms with Gasteiger partial charge >= 0.3 is 0 Å². The number of carbonyl (C=O) groups is 1. The molecule has 118 valence electrons. The van der Waals surface area contributed by atoms with Crippen LogP contribution in [0.1, 0.15) is 16.7 Å². The van der Waals surface area contributed by atoms with Crippen molar-refractivity contribution in [2.75, 3.05) is 18.5 Å². The van der Waals surface area contributed by atoms with Gasteiger partial charge in [0.05, 0.1) is 0 Å². The van der Waals surface area contributed by atoms with Crippen LogP contribution in [0.15, 0.2) is 42.5 Å². The van der Waals surface area contributed by atoms with Crippen LogP contribution in [0.2, 0.25) is 0 Å². The molecule has 0 atom stereocenters. The summed E-state index contributed by atoms with van der Waals surface area (Å²) in [4.78, 5) is 12.1. The van der Waals surface area contributed by atoms with Crippen molar-refractivity contribution in [2.45, 2.75) is 13.8 Å². The lowest BCUT2D eigenvalue weighted by molar-refractivity contribution is -0.111. The van der Waals surface area contributed by atoms with Crippen LogP contribution in [0.3, 0.4) is 0 Å². The maximum atomic E-state index is 12.1. The van der Waals surface area contributed by atoms with Crippen LogP contribution >= 0.6 is 0 Å². The number of hydrogen-bond donors (Lipinski definition) is 1. The molecule has 3 rings (SSSR count). The lowest BCUT2D eigenvalue weighted by atomic mass is 10.1. The van der Waals surface area contributed by atoms with Gasteiger partial charge in [0, 0.05) is 11.8 Å². The van der Waals surface area contributed by atoms with Crippen molar-refractivity contribution in [1.29, 1.82) is 0 Å². The second-order valence-electron chi connectivity index (χ2n) is 5.49. The highest BCUT2D eigenvalue weighted by Crippen LogP contribution is 2.31. The van der Waals surface area contributed by atoms with Gasteiger partial charge in [0.15, 0.2) is 11.5 Å². The van der Waals surface area contributed by atoms with E-state index in [-0.39, 0.29) is 5.91 Å². The van der Waals surface area contributed by atoms with E-state index < -0.39 is 0 Å². The lowest BCUT2D eigenvalue weighted by Crippen LogP contribution is -2.15. The van der Waals surface area contributed by atoms with Crippen molar-refractivity contribution in [1.82, 2.24) is 0 Å². The third-order valence-corrected chi connectivity index (χ3v) is 3.72. The first-order valence-corrected chi connectivity index (χ1v) is 7.58. The molecule has 2 aromatic rings. The molecular formula is C19H19NO3. The van der Waals surface area contributed by atoms with Gasteiger partial charge in [0.25, 0.3) is 0 Å². The molecule has 0 spiro atoms. The minimum atomic E-state index is -0.155. The van der Waals surface area contributed by atoms with Crippen LogP contribution in [0, 0.1) is 13.8 Å². The molecule has 0 unspecified atom stereocenters. The van der Waals surface area contributed by atoms with E-state index in [0.29, 0.717) is 19.0 Å². The number of aryl methyl sites for hydroxylation is 2. The van der Waals surface area contributed by atoms with Gasteiger partial charge < -0.3 is 14.8 Å². The van der Waals surface area contributed by atoms with E-state index in [1.165, 1.54) is 6.08 Å². The fourth-order valence-electron chi connectivity index (χ4n) is 2.51. The van der Waals surface area contributed by atoms with E-state index in [1.807, 2.05) is 50.2 Å². The SMILES string of the molecule is Cc1cccc(C)c1NC(=O)/C=C/c1ccc2c(c1)OCCO2. The quantitative estimate of drug-likeness (QED) is 0.879. The number of nitrogens with one attached hydrogen (secondary N) is 1. The Morgan fingerprint density at radius 2 is 1.74 bits per heavy atom. The van der Waals surface area contributed by atoms with Crippen LogP contribution < -0.4 is 14.8 Å². The van der Waals surface area contributed by atoms with E-state index >= 15 is 0 Å². The maximum absolute atomic E-state index is 12.1. The Bertz CT molecular complexity index is 745. The predicted octanol–water partition coefficient (Wildman–Crippen LogP) is 3.73. The number of rotatable bonds is 3. The molecule has 4 nitrogen and oxygen atoms in total. The molecule has 0 aromatic heterocycles. The molecule has 1 heterocycles. The standard InChI is InChI=1S/C19H19NO3/c1-13-4-3-5-14(2)19(13)20-18(21)9-7-15-6-8-16-17(12-15)23-11-10-22-16/h3-9,12H,10-11H2,1-2H3,(H,20,21)/b9-7+. The summed E-state index contributed by atoms with van der Waals surface area (Å²) in [6.07, 6.45) is 3.29. The Kier molecular flexibility index (Phi) is 4.33. The monoisotopic (exact) mass is 309 g/mol. The van der Waals surface area contributed by atoms with Gasteiger partial charge in [0.1, 0.15) is 13.2 Å². The molecular weight excluding hydrogens is 290 g/mol. The van der Waals surface area contributed by atoms with E-state index in [0.717, 1.165) is 28.1 Å². The zero-order valence-electron chi connectivity index (χ0n) is 13.3. The molecule has 0 fully saturated rings. The number of anilines is 1. The molecule has 0 aliphatic carbocycles. The van der Waals surface area contributed by atoms with Crippen molar-refractivity contribution >= 4 is 17.7 Å². The van der Waals surface area contributed by atoms with Gasteiger partial charge in [-0.25, -0.2) is 0 Å². The van der Waals surface area contributed by atoms with Gasteiger partial charge in [-0.3, -0.25) is 4.79 Å². The topological polar surface area (TPSA) is 47.6 Å². The average molecular weight is 309 g/mol. The van der Waals surface area contributed by atoms with E-state index in [4.69, 9.17) is 9.47 Å². The fourth-order valence-corrected chi connectivity index (χ4v) is 2.51. The molecule has 0 saturated carbocycles. The van der Waals surface area contributed by atoms with Crippen LogP contribution in [-0.4, -0.2) is 19.1 Å². The average Bonchev–Trinajstić information content (AvgIpc) is 2.56. The summed E-state index contributed by atoms with van der Waals surface area (Å²) in [5.41, 5.74) is 3.85.